The first-order valence-corrected chi connectivity index (χ1v) is 6.41. The fraction of sp³-hybridized carbons (Fsp3) is 0.400. The van der Waals surface area contributed by atoms with Gasteiger partial charge in [0, 0.05) is 13.6 Å². The molecule has 19 heavy (non-hydrogen) atoms. The van der Waals surface area contributed by atoms with Crippen molar-refractivity contribution in [3.8, 4) is 5.75 Å². The molecule has 0 fully saturated rings. The molecule has 0 aliphatic carbocycles. The van der Waals surface area contributed by atoms with Crippen LogP contribution in [0, 0.1) is 0 Å². The molecule has 0 aliphatic heterocycles. The Balaban J connectivity index is 2.57. The Morgan fingerprint density at radius 2 is 2.11 bits per heavy atom. The molecule has 4 heteroatoms. The minimum atomic E-state index is -0.416. The fourth-order valence-electron chi connectivity index (χ4n) is 1.66. The molecule has 0 saturated carbocycles. The molecule has 0 heterocycles. The number of ether oxygens (including phenoxy) is 1. The molecule has 1 aromatic rings. The van der Waals surface area contributed by atoms with Crippen molar-refractivity contribution >= 4 is 5.91 Å². The fourth-order valence-corrected chi connectivity index (χ4v) is 1.66. The molecule has 1 atom stereocenters. The van der Waals surface area contributed by atoms with E-state index in [1.807, 2.05) is 31.2 Å². The minimum absolute atomic E-state index is 0.0329. The summed E-state index contributed by atoms with van der Waals surface area (Å²) >= 11 is 0. The molecule has 0 aliphatic rings. The van der Waals surface area contributed by atoms with Crippen molar-refractivity contribution in [3.63, 3.8) is 0 Å². The van der Waals surface area contributed by atoms with Gasteiger partial charge < -0.3 is 15.4 Å². The second-order valence-electron chi connectivity index (χ2n) is 4.45. The molecule has 1 amide bonds. The number of carbonyl (C=O) groups is 1. The molecule has 0 saturated heterocycles. The van der Waals surface area contributed by atoms with Gasteiger partial charge in [0.15, 0.2) is 0 Å². The quantitative estimate of drug-likeness (QED) is 0.764. The van der Waals surface area contributed by atoms with E-state index in [-0.39, 0.29) is 5.91 Å². The number of hydrogen-bond donors (Lipinski definition) is 1. The summed E-state index contributed by atoms with van der Waals surface area (Å²) in [6, 6.07) is 7.24. The second kappa shape index (κ2) is 7.59. The van der Waals surface area contributed by atoms with Crippen LogP contribution < -0.4 is 10.5 Å². The summed E-state index contributed by atoms with van der Waals surface area (Å²) < 4.78 is 5.40. The largest absolute Gasteiger partial charge is 0.490 e. The summed E-state index contributed by atoms with van der Waals surface area (Å²) in [4.78, 5) is 13.5. The number of rotatable bonds is 7. The Morgan fingerprint density at radius 3 is 2.63 bits per heavy atom. The van der Waals surface area contributed by atoms with Crippen LogP contribution in [-0.2, 0) is 11.3 Å². The van der Waals surface area contributed by atoms with Gasteiger partial charge in [-0.05, 0) is 24.1 Å². The number of likely N-dealkylation sites (N-methyl/N-ethyl adjacent to an activating group) is 1. The van der Waals surface area contributed by atoms with Crippen LogP contribution in [0.4, 0.5) is 0 Å². The van der Waals surface area contributed by atoms with Crippen molar-refractivity contribution < 1.29 is 9.53 Å². The van der Waals surface area contributed by atoms with Crippen LogP contribution in [0.1, 0.15) is 18.9 Å². The number of carbonyl (C=O) groups excluding carboxylic acids is 1. The Labute approximate surface area is 114 Å². The normalized spacial score (nSPS) is 11.7. The maximum atomic E-state index is 11.9. The Hall–Kier alpha value is -1.81. The molecule has 0 aromatic heterocycles. The Bertz CT molecular complexity index is 415. The monoisotopic (exact) mass is 262 g/mol. The molecule has 1 aromatic carbocycles. The molecule has 0 spiro atoms. The van der Waals surface area contributed by atoms with Crippen LogP contribution in [0.25, 0.3) is 0 Å². The molecular weight excluding hydrogens is 240 g/mol. The van der Waals surface area contributed by atoms with E-state index in [2.05, 4.69) is 6.58 Å². The molecule has 4 nitrogen and oxygen atoms in total. The van der Waals surface area contributed by atoms with E-state index in [1.165, 1.54) is 0 Å². The van der Waals surface area contributed by atoms with E-state index >= 15 is 0 Å². The summed E-state index contributed by atoms with van der Waals surface area (Å²) in [5.74, 6) is 0.761. The summed E-state index contributed by atoms with van der Waals surface area (Å²) in [7, 11) is 1.76. The molecule has 0 bridgehead atoms. The van der Waals surface area contributed by atoms with Gasteiger partial charge >= 0.3 is 0 Å². The third-order valence-corrected chi connectivity index (χ3v) is 2.84. The zero-order chi connectivity index (χ0) is 14.3. The van der Waals surface area contributed by atoms with Crippen molar-refractivity contribution in [2.45, 2.75) is 25.9 Å². The van der Waals surface area contributed by atoms with Gasteiger partial charge in [0.25, 0.3) is 0 Å². The highest BCUT2D eigenvalue weighted by Crippen LogP contribution is 2.13. The molecule has 0 unspecified atom stereocenters. The Morgan fingerprint density at radius 1 is 1.47 bits per heavy atom. The highest BCUT2D eigenvalue weighted by atomic mass is 16.5. The highest BCUT2D eigenvalue weighted by Gasteiger charge is 2.15. The summed E-state index contributed by atoms with van der Waals surface area (Å²) in [5.41, 5.74) is 6.78. The minimum Gasteiger partial charge on any atom is -0.490 e. The predicted octanol–water partition coefficient (Wildman–Crippen LogP) is 1.95. The molecule has 0 radical (unpaired) electrons. The average molecular weight is 262 g/mol. The smallest absolute Gasteiger partial charge is 0.239 e. The topological polar surface area (TPSA) is 55.6 Å². The number of nitrogens with zero attached hydrogens (tertiary/aromatic N) is 1. The van der Waals surface area contributed by atoms with Crippen molar-refractivity contribution in [1.82, 2.24) is 4.90 Å². The van der Waals surface area contributed by atoms with Gasteiger partial charge in [-0.15, -0.1) is 0 Å². The first kappa shape index (κ1) is 15.2. The molecule has 1 rings (SSSR count). The molecular formula is C15H22N2O2. The van der Waals surface area contributed by atoms with Gasteiger partial charge in [0.1, 0.15) is 12.4 Å². The third-order valence-electron chi connectivity index (χ3n) is 2.84. The highest BCUT2D eigenvalue weighted by molar-refractivity contribution is 5.81. The maximum Gasteiger partial charge on any atom is 0.239 e. The van der Waals surface area contributed by atoms with E-state index in [0.717, 1.165) is 11.3 Å². The van der Waals surface area contributed by atoms with E-state index < -0.39 is 6.04 Å². The number of amides is 1. The second-order valence-corrected chi connectivity index (χ2v) is 4.45. The first-order chi connectivity index (χ1) is 9.08. The zero-order valence-corrected chi connectivity index (χ0v) is 11.6. The SMILES string of the molecule is C=CCOc1ccc(CN(C)C(=O)[C@@H](N)CC)cc1. The van der Waals surface area contributed by atoms with Gasteiger partial charge in [-0.25, -0.2) is 0 Å². The van der Waals surface area contributed by atoms with Gasteiger partial charge in [-0.2, -0.15) is 0 Å². The van der Waals surface area contributed by atoms with Gasteiger partial charge in [-0.1, -0.05) is 31.7 Å². The third kappa shape index (κ3) is 4.75. The lowest BCUT2D eigenvalue weighted by molar-refractivity contribution is -0.131. The van der Waals surface area contributed by atoms with Crippen LogP contribution in [0.2, 0.25) is 0 Å². The van der Waals surface area contributed by atoms with Crippen LogP contribution in [0.5, 0.6) is 5.75 Å². The average Bonchev–Trinajstić information content (AvgIpc) is 2.44. The number of hydrogen-bond acceptors (Lipinski definition) is 3. The van der Waals surface area contributed by atoms with Crippen molar-refractivity contribution in [2.24, 2.45) is 5.73 Å². The van der Waals surface area contributed by atoms with Crippen LogP contribution in [0.3, 0.4) is 0 Å². The van der Waals surface area contributed by atoms with Gasteiger partial charge in [0.05, 0.1) is 6.04 Å². The van der Waals surface area contributed by atoms with Crippen molar-refractivity contribution in [2.75, 3.05) is 13.7 Å². The van der Waals surface area contributed by atoms with E-state index in [9.17, 15) is 4.79 Å². The number of benzene rings is 1. The number of nitrogens with two attached hydrogens (primary N) is 1. The van der Waals surface area contributed by atoms with Crippen molar-refractivity contribution in [3.05, 3.63) is 42.5 Å². The standard InChI is InChI=1S/C15H22N2O2/c1-4-10-19-13-8-6-12(7-9-13)11-17(3)15(18)14(16)5-2/h4,6-9,14H,1,5,10-11,16H2,2-3H3/t14-/m0/s1. The van der Waals surface area contributed by atoms with E-state index in [4.69, 9.17) is 10.5 Å². The lowest BCUT2D eigenvalue weighted by Crippen LogP contribution is -2.40. The summed E-state index contributed by atoms with van der Waals surface area (Å²) in [5, 5.41) is 0. The summed E-state index contributed by atoms with van der Waals surface area (Å²) in [6.07, 6.45) is 2.35. The van der Waals surface area contributed by atoms with Gasteiger partial charge in [0.2, 0.25) is 5.91 Å². The molecule has 2 N–H and O–H groups in total. The molecule has 104 valence electrons. The van der Waals surface area contributed by atoms with Gasteiger partial charge in [-0.3, -0.25) is 4.79 Å². The van der Waals surface area contributed by atoms with Crippen LogP contribution in [0.15, 0.2) is 36.9 Å². The maximum absolute atomic E-state index is 11.9. The van der Waals surface area contributed by atoms with Crippen molar-refractivity contribution in [1.29, 1.82) is 0 Å². The predicted molar refractivity (Wildman–Crippen MR) is 76.9 cm³/mol. The van der Waals surface area contributed by atoms with E-state index in [0.29, 0.717) is 19.6 Å². The van der Waals surface area contributed by atoms with E-state index in [1.54, 1.807) is 18.0 Å². The van der Waals surface area contributed by atoms with Crippen LogP contribution >= 0.6 is 0 Å². The Kier molecular flexibility index (Phi) is 6.09. The lowest BCUT2D eigenvalue weighted by Gasteiger charge is -2.20. The van der Waals surface area contributed by atoms with Crippen LogP contribution in [-0.4, -0.2) is 30.5 Å². The zero-order valence-electron chi connectivity index (χ0n) is 11.6. The lowest BCUT2D eigenvalue weighted by atomic mass is 10.1. The summed E-state index contributed by atoms with van der Waals surface area (Å²) in [6.45, 7) is 6.54. The first-order valence-electron chi connectivity index (χ1n) is 6.41.